The Kier molecular flexibility index (Phi) is 5.69. The SMILES string of the molecule is Clc1ccc(-c2nc(CCN3CCOCC3)ncc2-c2cnc[nH]2)c(Cl)c1. The number of benzene rings is 1. The van der Waals surface area contributed by atoms with Gasteiger partial charge in [-0.3, -0.25) is 4.90 Å². The Morgan fingerprint density at radius 2 is 1.96 bits per heavy atom. The Balaban J connectivity index is 1.67. The van der Waals surface area contributed by atoms with Crippen molar-refractivity contribution in [1.82, 2.24) is 24.8 Å². The van der Waals surface area contributed by atoms with Crippen LogP contribution < -0.4 is 0 Å². The number of hydrogen-bond acceptors (Lipinski definition) is 5. The molecule has 0 unspecified atom stereocenters. The minimum absolute atomic E-state index is 0.557. The molecule has 140 valence electrons. The smallest absolute Gasteiger partial charge is 0.130 e. The van der Waals surface area contributed by atoms with Gasteiger partial charge in [0.25, 0.3) is 0 Å². The lowest BCUT2D eigenvalue weighted by Gasteiger charge is -2.26. The van der Waals surface area contributed by atoms with Gasteiger partial charge in [-0.15, -0.1) is 0 Å². The molecular weight excluding hydrogens is 385 g/mol. The fourth-order valence-corrected chi connectivity index (χ4v) is 3.61. The van der Waals surface area contributed by atoms with E-state index in [2.05, 4.69) is 19.9 Å². The molecule has 1 saturated heterocycles. The zero-order chi connectivity index (χ0) is 18.6. The van der Waals surface area contributed by atoms with Crippen LogP contribution in [0.15, 0.2) is 36.9 Å². The molecule has 0 atom stereocenters. The van der Waals surface area contributed by atoms with Crippen molar-refractivity contribution in [2.45, 2.75) is 6.42 Å². The molecule has 4 rings (SSSR count). The molecule has 0 spiro atoms. The molecule has 0 radical (unpaired) electrons. The highest BCUT2D eigenvalue weighted by atomic mass is 35.5. The van der Waals surface area contributed by atoms with Gasteiger partial charge in [-0.2, -0.15) is 0 Å². The molecule has 0 aliphatic carbocycles. The highest BCUT2D eigenvalue weighted by Crippen LogP contribution is 2.34. The van der Waals surface area contributed by atoms with Gasteiger partial charge in [0.2, 0.25) is 0 Å². The Bertz CT molecular complexity index is 910. The van der Waals surface area contributed by atoms with Crippen molar-refractivity contribution in [2.75, 3.05) is 32.8 Å². The summed E-state index contributed by atoms with van der Waals surface area (Å²) in [6, 6.07) is 5.43. The van der Waals surface area contributed by atoms with Crippen LogP contribution in [0.25, 0.3) is 22.5 Å². The maximum Gasteiger partial charge on any atom is 0.130 e. The van der Waals surface area contributed by atoms with Gasteiger partial charge in [0.1, 0.15) is 5.82 Å². The second kappa shape index (κ2) is 8.35. The van der Waals surface area contributed by atoms with Crippen molar-refractivity contribution >= 4 is 23.2 Å². The topological polar surface area (TPSA) is 66.9 Å². The maximum atomic E-state index is 6.46. The monoisotopic (exact) mass is 403 g/mol. The summed E-state index contributed by atoms with van der Waals surface area (Å²) < 4.78 is 5.40. The predicted molar refractivity (Wildman–Crippen MR) is 106 cm³/mol. The van der Waals surface area contributed by atoms with Gasteiger partial charge in [-0.1, -0.05) is 23.2 Å². The number of hydrogen-bond donors (Lipinski definition) is 1. The van der Waals surface area contributed by atoms with Crippen LogP contribution >= 0.6 is 23.2 Å². The summed E-state index contributed by atoms with van der Waals surface area (Å²) in [5, 5.41) is 1.15. The number of aromatic amines is 1. The van der Waals surface area contributed by atoms with E-state index in [-0.39, 0.29) is 0 Å². The van der Waals surface area contributed by atoms with Gasteiger partial charge < -0.3 is 9.72 Å². The number of H-pyrrole nitrogens is 1. The lowest BCUT2D eigenvalue weighted by Crippen LogP contribution is -2.37. The zero-order valence-electron chi connectivity index (χ0n) is 14.7. The van der Waals surface area contributed by atoms with E-state index in [1.165, 1.54) is 0 Å². The first-order valence-corrected chi connectivity index (χ1v) is 9.56. The molecule has 0 amide bonds. The molecule has 1 aliphatic rings. The lowest BCUT2D eigenvalue weighted by atomic mass is 10.0. The van der Waals surface area contributed by atoms with Crippen LogP contribution in [-0.4, -0.2) is 57.7 Å². The molecule has 2 aromatic heterocycles. The van der Waals surface area contributed by atoms with Crippen LogP contribution in [0.5, 0.6) is 0 Å². The van der Waals surface area contributed by atoms with E-state index in [0.717, 1.165) is 67.6 Å². The van der Waals surface area contributed by atoms with Gasteiger partial charge in [0.15, 0.2) is 0 Å². The number of nitrogens with zero attached hydrogens (tertiary/aromatic N) is 4. The van der Waals surface area contributed by atoms with Gasteiger partial charge in [0, 0.05) is 48.4 Å². The minimum atomic E-state index is 0.557. The van der Waals surface area contributed by atoms with Crippen LogP contribution in [0.2, 0.25) is 10.0 Å². The second-order valence-corrected chi connectivity index (χ2v) is 7.19. The largest absolute Gasteiger partial charge is 0.379 e. The molecule has 6 nitrogen and oxygen atoms in total. The van der Waals surface area contributed by atoms with E-state index in [4.69, 9.17) is 32.9 Å². The fraction of sp³-hybridized carbons (Fsp3) is 0.316. The highest BCUT2D eigenvalue weighted by molar-refractivity contribution is 6.36. The van der Waals surface area contributed by atoms with Crippen molar-refractivity contribution in [1.29, 1.82) is 0 Å². The third-order valence-corrected chi connectivity index (χ3v) is 5.12. The first-order chi connectivity index (χ1) is 13.2. The van der Waals surface area contributed by atoms with E-state index < -0.39 is 0 Å². The maximum absolute atomic E-state index is 6.46. The van der Waals surface area contributed by atoms with Crippen molar-refractivity contribution in [3.05, 3.63) is 52.8 Å². The molecule has 8 heteroatoms. The Morgan fingerprint density at radius 3 is 2.70 bits per heavy atom. The minimum Gasteiger partial charge on any atom is -0.379 e. The second-order valence-electron chi connectivity index (χ2n) is 6.34. The standard InChI is InChI=1S/C19H19Cl2N5O/c20-13-1-2-14(16(21)9-13)19-15(17-11-22-12-24-17)10-23-18(25-19)3-4-26-5-7-27-8-6-26/h1-2,9-12H,3-8H2,(H,22,24). The van der Waals surface area contributed by atoms with Gasteiger partial charge in [-0.05, 0) is 18.2 Å². The average Bonchev–Trinajstić information content (AvgIpc) is 3.22. The van der Waals surface area contributed by atoms with Crippen LogP contribution in [0, 0.1) is 0 Å². The van der Waals surface area contributed by atoms with E-state index >= 15 is 0 Å². The summed E-state index contributed by atoms with van der Waals surface area (Å²) in [6.07, 6.45) is 5.98. The Hall–Kier alpha value is -1.99. The summed E-state index contributed by atoms with van der Waals surface area (Å²) in [7, 11) is 0. The number of aromatic nitrogens is 4. The number of imidazole rings is 1. The lowest BCUT2D eigenvalue weighted by molar-refractivity contribution is 0.0382. The van der Waals surface area contributed by atoms with Crippen molar-refractivity contribution in [2.24, 2.45) is 0 Å². The molecule has 27 heavy (non-hydrogen) atoms. The van der Waals surface area contributed by atoms with Gasteiger partial charge >= 0.3 is 0 Å². The number of morpholine rings is 1. The molecule has 1 fully saturated rings. The molecular formula is C19H19Cl2N5O. The predicted octanol–water partition coefficient (Wildman–Crippen LogP) is 3.72. The Labute approximate surface area is 167 Å². The van der Waals surface area contributed by atoms with E-state index in [0.29, 0.717) is 10.0 Å². The van der Waals surface area contributed by atoms with Gasteiger partial charge in [-0.25, -0.2) is 15.0 Å². The van der Waals surface area contributed by atoms with Crippen molar-refractivity contribution in [3.63, 3.8) is 0 Å². The van der Waals surface area contributed by atoms with E-state index in [9.17, 15) is 0 Å². The van der Waals surface area contributed by atoms with E-state index in [1.807, 2.05) is 18.3 Å². The summed E-state index contributed by atoms with van der Waals surface area (Å²) in [4.78, 5) is 19.0. The van der Waals surface area contributed by atoms with Crippen LogP contribution in [0.3, 0.4) is 0 Å². The first kappa shape index (κ1) is 18.4. The summed E-state index contributed by atoms with van der Waals surface area (Å²) in [5.41, 5.74) is 3.29. The summed E-state index contributed by atoms with van der Waals surface area (Å²) in [5.74, 6) is 0.783. The zero-order valence-corrected chi connectivity index (χ0v) is 16.2. The molecule has 3 heterocycles. The molecule has 0 saturated carbocycles. The average molecular weight is 404 g/mol. The number of ether oxygens (including phenoxy) is 1. The van der Waals surface area contributed by atoms with E-state index in [1.54, 1.807) is 18.6 Å². The highest BCUT2D eigenvalue weighted by Gasteiger charge is 2.17. The molecule has 1 N–H and O–H groups in total. The van der Waals surface area contributed by atoms with Gasteiger partial charge in [0.05, 0.1) is 42.1 Å². The Morgan fingerprint density at radius 1 is 1.11 bits per heavy atom. The summed E-state index contributed by atoms with van der Waals surface area (Å²) >= 11 is 12.5. The normalized spacial score (nSPS) is 15.2. The molecule has 1 aliphatic heterocycles. The number of halogens is 2. The third-order valence-electron chi connectivity index (χ3n) is 4.57. The first-order valence-electron chi connectivity index (χ1n) is 8.81. The number of rotatable bonds is 5. The molecule has 1 aromatic carbocycles. The quantitative estimate of drug-likeness (QED) is 0.702. The van der Waals surface area contributed by atoms with Crippen molar-refractivity contribution < 1.29 is 4.74 Å². The molecule has 3 aromatic rings. The van der Waals surface area contributed by atoms with Crippen LogP contribution in [0.1, 0.15) is 5.82 Å². The number of nitrogens with one attached hydrogen (secondary N) is 1. The van der Waals surface area contributed by atoms with Crippen LogP contribution in [0.4, 0.5) is 0 Å². The summed E-state index contributed by atoms with van der Waals surface area (Å²) in [6.45, 7) is 4.36. The fourth-order valence-electron chi connectivity index (χ4n) is 3.11. The van der Waals surface area contributed by atoms with Crippen LogP contribution in [-0.2, 0) is 11.2 Å². The van der Waals surface area contributed by atoms with Crippen molar-refractivity contribution in [3.8, 4) is 22.5 Å². The molecule has 0 bridgehead atoms. The third kappa shape index (κ3) is 4.30.